The summed E-state index contributed by atoms with van der Waals surface area (Å²) in [4.78, 5) is 0.111. The topological polar surface area (TPSA) is 121 Å². The summed E-state index contributed by atoms with van der Waals surface area (Å²) >= 11 is 0. The fourth-order valence-electron chi connectivity index (χ4n) is 1.93. The first-order valence-electron chi connectivity index (χ1n) is 6.62. The van der Waals surface area contributed by atoms with Gasteiger partial charge in [-0.25, -0.2) is 13.8 Å². The van der Waals surface area contributed by atoms with Gasteiger partial charge in [-0.2, -0.15) is 0 Å². The lowest BCUT2D eigenvalue weighted by Crippen LogP contribution is -2.45. The first kappa shape index (κ1) is 16.0. The summed E-state index contributed by atoms with van der Waals surface area (Å²) in [5.41, 5.74) is 11.7. The largest absolute Gasteiger partial charge is 0.490 e. The summed E-state index contributed by atoms with van der Waals surface area (Å²) in [6.07, 6.45) is 0. The van der Waals surface area contributed by atoms with Crippen LogP contribution in [-0.4, -0.2) is 26.6 Å². The maximum Gasteiger partial charge on any atom is 0.303 e. The molecule has 0 aliphatic heterocycles. The van der Waals surface area contributed by atoms with Gasteiger partial charge in [-0.15, -0.1) is 0 Å². The lowest BCUT2D eigenvalue weighted by atomic mass is 10.2. The van der Waals surface area contributed by atoms with Gasteiger partial charge in [0.25, 0.3) is 9.84 Å². The molecule has 6 nitrogen and oxygen atoms in total. The highest BCUT2D eigenvalue weighted by atomic mass is 32.2. The first-order chi connectivity index (χ1) is 10.5. The van der Waals surface area contributed by atoms with Crippen LogP contribution in [0.25, 0.3) is 0 Å². The van der Waals surface area contributed by atoms with Crippen molar-refractivity contribution in [3.63, 3.8) is 0 Å². The van der Waals surface area contributed by atoms with Crippen LogP contribution in [0.1, 0.15) is 5.56 Å². The lowest BCUT2D eigenvalue weighted by Gasteiger charge is -2.10. The molecule has 0 heterocycles. The highest BCUT2D eigenvalue weighted by molar-refractivity contribution is 8.06. The number of ether oxygens (including phenoxy) is 1. The van der Waals surface area contributed by atoms with E-state index < -0.39 is 9.84 Å². The van der Waals surface area contributed by atoms with Crippen molar-refractivity contribution in [2.75, 3.05) is 18.9 Å². The normalized spacial score (nSPS) is 11.1. The molecule has 7 heteroatoms. The Bertz CT molecular complexity index is 774. The van der Waals surface area contributed by atoms with E-state index in [1.165, 1.54) is 12.1 Å². The molecule has 2 rings (SSSR count). The minimum atomic E-state index is -3.82. The minimum Gasteiger partial charge on any atom is -0.490 e. The summed E-state index contributed by atoms with van der Waals surface area (Å²) in [5.74, 6) is 0.356. The third-order valence-corrected chi connectivity index (χ3v) is 4.74. The van der Waals surface area contributed by atoms with E-state index in [1.807, 2.05) is 0 Å². The van der Waals surface area contributed by atoms with E-state index in [0.717, 1.165) is 0 Å². The number of hydrogen-bond acceptors (Lipinski definition) is 5. The molecule has 6 N–H and O–H groups in total. The number of sulfone groups is 1. The van der Waals surface area contributed by atoms with Crippen LogP contribution in [0.15, 0.2) is 53.4 Å². The second-order valence-corrected chi connectivity index (χ2v) is 6.45. The molecule has 22 heavy (non-hydrogen) atoms. The third kappa shape index (κ3) is 3.10. The fourth-order valence-corrected chi connectivity index (χ4v) is 3.16. The third-order valence-electron chi connectivity index (χ3n) is 3.05. The van der Waals surface area contributed by atoms with E-state index in [1.54, 1.807) is 36.4 Å². The van der Waals surface area contributed by atoms with Crippen LogP contribution >= 0.6 is 0 Å². The van der Waals surface area contributed by atoms with E-state index in [2.05, 4.69) is 0 Å². The van der Waals surface area contributed by atoms with Gasteiger partial charge in [-0.3, -0.25) is 0 Å². The molecule has 0 radical (unpaired) electrons. The van der Waals surface area contributed by atoms with Gasteiger partial charge in [-0.05, 0) is 24.3 Å². The lowest BCUT2D eigenvalue weighted by molar-refractivity contribution is -0.108. The van der Waals surface area contributed by atoms with Crippen molar-refractivity contribution in [3.05, 3.63) is 54.1 Å². The van der Waals surface area contributed by atoms with Gasteiger partial charge in [0.2, 0.25) is 0 Å². The van der Waals surface area contributed by atoms with Gasteiger partial charge < -0.3 is 16.2 Å². The van der Waals surface area contributed by atoms with Crippen LogP contribution < -0.4 is 21.6 Å². The summed E-state index contributed by atoms with van der Waals surface area (Å²) in [6.45, 7) is 0.601. The average Bonchev–Trinajstić information content (AvgIpc) is 2.54. The van der Waals surface area contributed by atoms with E-state index in [9.17, 15) is 8.42 Å². The van der Waals surface area contributed by atoms with Crippen LogP contribution in [-0.2, 0) is 9.84 Å². The molecule has 0 unspecified atom stereocenters. The van der Waals surface area contributed by atoms with Crippen molar-refractivity contribution in [2.45, 2.75) is 4.90 Å². The molecule has 0 aromatic heterocycles. The van der Waals surface area contributed by atoms with Crippen LogP contribution in [0.3, 0.4) is 0 Å². The Hall–Kier alpha value is -2.38. The van der Waals surface area contributed by atoms with Gasteiger partial charge in [-0.1, -0.05) is 24.3 Å². The Morgan fingerprint density at radius 1 is 1.09 bits per heavy atom. The van der Waals surface area contributed by atoms with Crippen molar-refractivity contribution in [1.82, 2.24) is 0 Å². The second kappa shape index (κ2) is 6.59. The van der Waals surface area contributed by atoms with Gasteiger partial charge >= 0.3 is 5.04 Å². The van der Waals surface area contributed by atoms with Crippen LogP contribution in [0.5, 0.6) is 5.75 Å². The zero-order valence-electron chi connectivity index (χ0n) is 11.9. The molecular weight excluding hydrogens is 302 g/mol. The summed E-state index contributed by atoms with van der Waals surface area (Å²) in [6, 6.07) is 12.8. The summed E-state index contributed by atoms with van der Waals surface area (Å²) in [7, 11) is -3.82. The summed E-state index contributed by atoms with van der Waals surface area (Å²) in [5, 5.41) is 5.56. The molecule has 0 fully saturated rings. The number of nitrogens with two attached hydrogens (primary N) is 3. The number of rotatable bonds is 5. The van der Waals surface area contributed by atoms with E-state index >= 15 is 0 Å². The molecule has 0 saturated carbocycles. The number of para-hydroxylation sites is 1. The molecule has 0 aliphatic rings. The number of benzene rings is 2. The zero-order valence-corrected chi connectivity index (χ0v) is 12.7. The molecule has 116 valence electrons. The number of hydrogen-bond donors (Lipinski definition) is 3. The molecule has 2 aromatic carbocycles. The van der Waals surface area contributed by atoms with Crippen molar-refractivity contribution in [3.8, 4) is 5.75 Å². The van der Waals surface area contributed by atoms with Gasteiger partial charge in [0.05, 0.1) is 16.1 Å². The molecule has 0 atom stereocenters. The van der Waals surface area contributed by atoms with E-state index in [0.29, 0.717) is 12.3 Å². The molecule has 0 bridgehead atoms. The monoisotopic (exact) mass is 320 g/mol. The van der Waals surface area contributed by atoms with Crippen LogP contribution in [0, 0.1) is 0 Å². The Kier molecular flexibility index (Phi) is 4.79. The molecule has 0 spiro atoms. The SMILES string of the molecule is NCCOc1cccc(C(=[NH2+])S(=O)(=O)c2ccccc2)c1N. The summed E-state index contributed by atoms with van der Waals surface area (Å²) < 4.78 is 30.4. The number of nitrogen functional groups attached to an aromatic ring is 1. The van der Waals surface area contributed by atoms with Gasteiger partial charge in [0.1, 0.15) is 12.4 Å². The maximum absolute atomic E-state index is 12.5. The van der Waals surface area contributed by atoms with Gasteiger partial charge in [0.15, 0.2) is 0 Å². The molecule has 0 aliphatic carbocycles. The Morgan fingerprint density at radius 2 is 1.77 bits per heavy atom. The van der Waals surface area contributed by atoms with Crippen LogP contribution in [0.4, 0.5) is 5.69 Å². The second-order valence-electron chi connectivity index (χ2n) is 4.54. The van der Waals surface area contributed by atoms with Crippen molar-refractivity contribution in [1.29, 1.82) is 0 Å². The molecule has 2 aromatic rings. The van der Waals surface area contributed by atoms with E-state index in [4.69, 9.17) is 21.6 Å². The quantitative estimate of drug-likeness (QED) is 0.393. The number of anilines is 1. The minimum absolute atomic E-state index is 0.111. The molecule has 0 saturated heterocycles. The fraction of sp³-hybridized carbons (Fsp3) is 0.133. The maximum atomic E-state index is 12.5. The smallest absolute Gasteiger partial charge is 0.303 e. The Balaban J connectivity index is 2.42. The Labute approximate surface area is 129 Å². The highest BCUT2D eigenvalue weighted by Gasteiger charge is 2.30. The van der Waals surface area contributed by atoms with Gasteiger partial charge in [0, 0.05) is 6.54 Å². The first-order valence-corrected chi connectivity index (χ1v) is 8.11. The van der Waals surface area contributed by atoms with Crippen LogP contribution in [0.2, 0.25) is 0 Å². The van der Waals surface area contributed by atoms with E-state index in [-0.39, 0.29) is 27.8 Å². The Morgan fingerprint density at radius 3 is 2.41 bits per heavy atom. The van der Waals surface area contributed by atoms with Crippen molar-refractivity contribution in [2.24, 2.45) is 5.73 Å². The van der Waals surface area contributed by atoms with Crippen molar-refractivity contribution < 1.29 is 18.6 Å². The standard InChI is InChI=1S/C15H17N3O3S/c16-9-10-21-13-8-4-7-12(14(13)17)15(18)22(19,20)11-5-2-1-3-6-11/h1-8,18H,9-10,16-17H2/p+1. The average molecular weight is 320 g/mol. The predicted molar refractivity (Wildman–Crippen MR) is 85.1 cm³/mol. The van der Waals surface area contributed by atoms with Crippen molar-refractivity contribution >= 4 is 20.6 Å². The zero-order chi connectivity index (χ0) is 16.2. The highest BCUT2D eigenvalue weighted by Crippen LogP contribution is 2.27. The predicted octanol–water partition coefficient (Wildman–Crippen LogP) is -0.414. The molecular formula is C15H18N3O3S+. The molecule has 0 amide bonds.